The van der Waals surface area contributed by atoms with Gasteiger partial charge in [0.15, 0.2) is 40.8 Å². The quantitative estimate of drug-likeness (QED) is 0.0230. The number of anilines is 3. The summed E-state index contributed by atoms with van der Waals surface area (Å²) in [5.41, 5.74) is 12.6. The zero-order valence-corrected chi connectivity index (χ0v) is 49.2. The first-order chi connectivity index (χ1) is 40.4. The molecule has 12 atom stereocenters. The Labute approximate surface area is 492 Å². The van der Waals surface area contributed by atoms with Crippen LogP contribution in [0.25, 0.3) is 22.3 Å². The number of carbonyl (C=O) groups is 6. The van der Waals surface area contributed by atoms with Crippen LogP contribution in [0.2, 0.25) is 0 Å². The van der Waals surface area contributed by atoms with Gasteiger partial charge in [0.05, 0.1) is 32.4 Å². The van der Waals surface area contributed by atoms with Crippen molar-refractivity contribution in [2.45, 2.75) is 95.3 Å². The molecule has 7 amide bonds. The van der Waals surface area contributed by atoms with Crippen molar-refractivity contribution in [3.05, 3.63) is 55.1 Å². The number of rotatable bonds is 20. The molecular weight excluding hydrogens is 1210 g/mol. The van der Waals surface area contributed by atoms with Gasteiger partial charge < -0.3 is 70.5 Å². The topological polar surface area (TPSA) is 451 Å². The Kier molecular flexibility index (Phi) is 21.2. The number of hydrogen-bond acceptors (Lipinski definition) is 25. The Morgan fingerprint density at radius 1 is 0.894 bits per heavy atom. The lowest BCUT2D eigenvalue weighted by molar-refractivity contribution is -0.133. The Balaban J connectivity index is 0.814. The van der Waals surface area contributed by atoms with E-state index in [-0.39, 0.29) is 67.9 Å². The van der Waals surface area contributed by atoms with Crippen molar-refractivity contribution in [3.63, 3.8) is 0 Å². The van der Waals surface area contributed by atoms with E-state index in [1.165, 1.54) is 24.3 Å². The minimum absolute atomic E-state index is 0.0336. The zero-order chi connectivity index (χ0) is 61.3. The smallest absolute Gasteiger partial charge is 0.412 e. The van der Waals surface area contributed by atoms with Crippen LogP contribution >= 0.6 is 25.8 Å². The van der Waals surface area contributed by atoms with Gasteiger partial charge in [0.1, 0.15) is 80.7 Å². The molecule has 0 aliphatic carbocycles. The van der Waals surface area contributed by atoms with Crippen molar-refractivity contribution < 1.29 is 84.5 Å². The van der Waals surface area contributed by atoms with E-state index in [0.29, 0.717) is 22.4 Å². The number of urea groups is 1. The van der Waals surface area contributed by atoms with Crippen LogP contribution in [0.5, 0.6) is 0 Å². The van der Waals surface area contributed by atoms with Crippen LogP contribution in [-0.2, 0) is 79.2 Å². The summed E-state index contributed by atoms with van der Waals surface area (Å²) < 4.78 is 79.3. The Bertz CT molecular complexity index is 3340. The number of carbonyl (C=O) groups excluding carboxylic acids is 6. The number of primary amides is 1. The van der Waals surface area contributed by atoms with E-state index in [1.54, 1.807) is 49.6 Å². The highest BCUT2D eigenvalue weighted by Crippen LogP contribution is 2.59. The number of nitrogens with one attached hydrogen (secondary N) is 5. The molecule has 34 nitrogen and oxygen atoms in total. The molecule has 3 saturated heterocycles. The summed E-state index contributed by atoms with van der Waals surface area (Å²) in [5, 5.41) is 12.8. The summed E-state index contributed by atoms with van der Waals surface area (Å²) in [4.78, 5) is 118. The fraction of sp³-hybridized carbons (Fsp3) is 0.522. The van der Waals surface area contributed by atoms with E-state index in [9.17, 15) is 38.2 Å². The monoisotopic (exact) mass is 1270 g/mol. The summed E-state index contributed by atoms with van der Waals surface area (Å²) in [6.07, 6.45) is -6.31. The van der Waals surface area contributed by atoms with Crippen molar-refractivity contribution in [2.24, 2.45) is 23.5 Å². The predicted octanol–water partition coefficient (Wildman–Crippen LogP) is 1.81. The second-order valence-corrected chi connectivity index (χ2v) is 25.4. The lowest BCUT2D eigenvalue weighted by atomic mass is 10.0. The lowest BCUT2D eigenvalue weighted by Crippen LogP contribution is -2.55. The van der Waals surface area contributed by atoms with E-state index < -0.39 is 130 Å². The van der Waals surface area contributed by atoms with Gasteiger partial charge in [-0.3, -0.25) is 42.7 Å². The molecule has 3 fully saturated rings. The van der Waals surface area contributed by atoms with Gasteiger partial charge in [-0.15, -0.1) is 0 Å². The van der Waals surface area contributed by atoms with E-state index in [4.69, 9.17) is 66.2 Å². The van der Waals surface area contributed by atoms with Gasteiger partial charge in [0.2, 0.25) is 17.7 Å². The summed E-state index contributed by atoms with van der Waals surface area (Å²) in [6, 6.07) is 3.36. The van der Waals surface area contributed by atoms with Gasteiger partial charge in [-0.2, -0.15) is 0 Å². The molecule has 7 heterocycles. The number of fused-ring (bicyclic) bond motifs is 4. The molecule has 0 saturated carbocycles. The van der Waals surface area contributed by atoms with E-state index >= 15 is 4.39 Å². The number of thiol groups is 1. The molecule has 0 bridgehead atoms. The maximum absolute atomic E-state index is 16.7. The average Bonchev–Trinajstić information content (AvgIpc) is 1.74. The molecule has 85 heavy (non-hydrogen) atoms. The minimum atomic E-state index is -4.44. The number of alkyl halides is 1. The predicted molar refractivity (Wildman–Crippen MR) is 300 cm³/mol. The fourth-order valence-electron chi connectivity index (χ4n) is 9.11. The number of nitrogens with two attached hydrogens (primary N) is 3. The third-order valence-corrected chi connectivity index (χ3v) is 16.6. The van der Waals surface area contributed by atoms with Crippen LogP contribution in [0, 0.1) is 11.8 Å². The second-order valence-electron chi connectivity index (χ2n) is 19.7. The van der Waals surface area contributed by atoms with Crippen molar-refractivity contribution >= 4 is 113 Å². The van der Waals surface area contributed by atoms with Gasteiger partial charge in [-0.1, -0.05) is 45.2 Å². The van der Waals surface area contributed by atoms with Crippen LogP contribution in [0.4, 0.5) is 36.1 Å². The van der Waals surface area contributed by atoms with E-state index in [1.807, 2.05) is 0 Å². The van der Waals surface area contributed by atoms with E-state index in [0.717, 1.165) is 17.6 Å². The van der Waals surface area contributed by atoms with Crippen LogP contribution in [0.1, 0.15) is 51.6 Å². The molecule has 0 spiro atoms. The highest BCUT2D eigenvalue weighted by atomic mass is 32.7. The average molecular weight is 1270 g/mol. The summed E-state index contributed by atoms with van der Waals surface area (Å²) in [6.45, 7) is -5.59. The van der Waals surface area contributed by atoms with Crippen molar-refractivity contribution in [1.29, 1.82) is 0 Å². The van der Waals surface area contributed by atoms with Crippen molar-refractivity contribution in [3.8, 4) is 0 Å². The lowest BCUT2D eigenvalue weighted by Gasteiger charge is -2.29. The first-order valence-corrected chi connectivity index (χ1v) is 31.2. The third kappa shape index (κ3) is 16.2. The standard InChI is InChI=1S/C46H62FN17O17P2S2/c1-22(2)31(60-29(65)17-75-50)41(67)59-26(6-5-11-51-44(49)68)40(66)58-25-9-7-24(8-10-25)14-74-46(70)62(4)12-13-73-45(69)61-37-33-39(55-19-53-37)64(21-57-33)43-30(47)35-28(79-43)16-77-82(71,84)80-34-23(3)42(78-27(34)15-76-83(72,85)81-35)63-20-56-32-36(48)52-18-54-38(32)63/h7-10,18-23,26-28,30-31,34-35,42-43H,5-6,11-17,50H2,1-4H3,(H,58,66)(H,59,67)(H,60,65)(H,71,84)(H,72,85)(H2,48,52,54)(H3,49,51,68)(H,53,55,61,69)/t23-,26+,27-,28-,30-,31+,34+,35-,42-,43-,82?,83?/m1/s1. The number of aromatic nitrogens is 8. The van der Waals surface area contributed by atoms with Gasteiger partial charge in [-0.25, -0.2) is 59.1 Å². The van der Waals surface area contributed by atoms with Crippen LogP contribution in [0.15, 0.2) is 49.6 Å². The van der Waals surface area contributed by atoms with Crippen molar-refractivity contribution in [1.82, 2.24) is 59.9 Å². The van der Waals surface area contributed by atoms with Crippen LogP contribution < -0.4 is 43.9 Å². The van der Waals surface area contributed by atoms with Gasteiger partial charge in [0, 0.05) is 25.2 Å². The number of hydrogen-bond donors (Lipinski definition) is 10. The third-order valence-electron chi connectivity index (χ3n) is 13.4. The van der Waals surface area contributed by atoms with Crippen molar-refractivity contribution in [2.75, 3.05) is 62.9 Å². The number of likely N-dealkylation sites (N-methyl/N-ethyl adjacent to an activating group) is 1. The molecule has 8 rings (SSSR count). The Hall–Kier alpha value is -6.86. The SMILES string of the molecule is CC(C)[C@H](NC(=O)CON)C(=O)N[C@@H](CCCNC(N)=O)C(=O)Nc1ccc(COC(=O)N(C)CCOC(=O)Nc2ncnc3c2ncn3[C@@H]2O[C@@H]3COP(O)(=S)O[C@H]4[C@@H](C)[C@H](n5cnc6c(N)ncnc65)O[C@@H]4COP(=O)(S)O[C@H]3[C@H]2F)cc1. The Morgan fingerprint density at radius 3 is 2.26 bits per heavy atom. The maximum Gasteiger partial charge on any atom is 0.412 e. The molecule has 5 aromatic rings. The Morgan fingerprint density at radius 2 is 1.55 bits per heavy atom. The fourth-order valence-corrected chi connectivity index (χ4v) is 12.1. The normalized spacial score (nSPS) is 25.8. The second kappa shape index (κ2) is 28.1. The number of nitrogens with zero attached hydrogens (tertiary/aromatic N) is 9. The van der Waals surface area contributed by atoms with Crippen LogP contribution in [-0.4, -0.2) is 174 Å². The summed E-state index contributed by atoms with van der Waals surface area (Å²) in [5.74, 6) is 2.10. The summed E-state index contributed by atoms with van der Waals surface area (Å²) in [7, 11) is 1.41. The highest BCUT2D eigenvalue weighted by Gasteiger charge is 2.53. The van der Waals surface area contributed by atoms with Gasteiger partial charge in [0.25, 0.3) is 0 Å². The van der Waals surface area contributed by atoms with Gasteiger partial charge >= 0.3 is 31.7 Å². The molecule has 0 radical (unpaired) electrons. The first-order valence-electron chi connectivity index (χ1n) is 26.0. The number of imidazole rings is 2. The largest absolute Gasteiger partial charge is 0.447 e. The number of nitrogen functional groups attached to an aromatic ring is 1. The molecule has 39 heteroatoms. The molecule has 1 aromatic carbocycles. The molecule has 462 valence electrons. The molecule has 2 unspecified atom stereocenters. The molecule has 12 N–H and O–H groups in total. The van der Waals surface area contributed by atoms with Crippen LogP contribution in [0.3, 0.4) is 0 Å². The highest BCUT2D eigenvalue weighted by molar-refractivity contribution is 8.44. The molecule has 3 aliphatic rings. The molecule has 3 aliphatic heterocycles. The first kappa shape index (κ1) is 64.1. The number of halogens is 1. The molecule has 4 aromatic heterocycles. The summed E-state index contributed by atoms with van der Waals surface area (Å²) >= 11 is 9.54. The number of benzene rings is 1. The number of amides is 7. The number of ether oxygens (including phenoxy) is 4. The van der Waals surface area contributed by atoms with E-state index in [2.05, 4.69) is 73.6 Å². The molecular formula is C46H62FN17O17P2S2. The van der Waals surface area contributed by atoms with Gasteiger partial charge in [-0.05, 0) is 48.3 Å². The zero-order valence-electron chi connectivity index (χ0n) is 45.7. The maximum atomic E-state index is 16.7. The minimum Gasteiger partial charge on any atom is -0.447 e.